The van der Waals surface area contributed by atoms with E-state index in [0.717, 1.165) is 0 Å². The first kappa shape index (κ1) is 13.1. The maximum atomic E-state index is 3.53. The van der Waals surface area contributed by atoms with Crippen LogP contribution >= 0.6 is 65.9 Å². The molecule has 3 aromatic rings. The molecule has 0 bridgehead atoms. The highest BCUT2D eigenvalue weighted by Gasteiger charge is 2.12. The van der Waals surface area contributed by atoms with Gasteiger partial charge < -0.3 is 0 Å². The van der Waals surface area contributed by atoms with Gasteiger partial charge >= 0.3 is 0 Å². The highest BCUT2D eigenvalue weighted by atomic mass is 79.9. The highest BCUT2D eigenvalue weighted by molar-refractivity contribution is 9.11. The van der Waals surface area contributed by atoms with Crippen LogP contribution in [0.1, 0.15) is 5.56 Å². The summed E-state index contributed by atoms with van der Waals surface area (Å²) in [5.74, 6) is 0. The van der Waals surface area contributed by atoms with E-state index < -0.39 is 0 Å². The van der Waals surface area contributed by atoms with Crippen molar-refractivity contribution in [2.24, 2.45) is 0 Å². The Morgan fingerprint density at radius 2 is 1.39 bits per heavy atom. The van der Waals surface area contributed by atoms with Gasteiger partial charge in [0.25, 0.3) is 0 Å². The summed E-state index contributed by atoms with van der Waals surface area (Å²) in [6, 6.07) is 10.9. The van der Waals surface area contributed by atoms with E-state index in [9.17, 15) is 0 Å². The zero-order chi connectivity index (χ0) is 12.7. The van der Waals surface area contributed by atoms with Crippen LogP contribution < -0.4 is 0 Å². The van der Waals surface area contributed by atoms with Gasteiger partial charge in [-0.1, -0.05) is 0 Å². The minimum atomic E-state index is 1.18. The highest BCUT2D eigenvalue weighted by Crippen LogP contribution is 2.43. The lowest BCUT2D eigenvalue weighted by Crippen LogP contribution is -1.66. The van der Waals surface area contributed by atoms with Crippen molar-refractivity contribution in [2.75, 3.05) is 0 Å². The van der Waals surface area contributed by atoms with Gasteiger partial charge in [-0.3, -0.25) is 0 Å². The molecule has 0 unspecified atom stereocenters. The Morgan fingerprint density at radius 1 is 0.778 bits per heavy atom. The van der Waals surface area contributed by atoms with Crippen LogP contribution in [0.4, 0.5) is 0 Å². The van der Waals surface area contributed by atoms with Crippen molar-refractivity contribution in [3.05, 3.63) is 43.5 Å². The number of thiophene rings is 3. The molecule has 0 aromatic carbocycles. The molecule has 0 atom stereocenters. The number of aryl methyl sites for hydroxylation is 1. The molecule has 0 aliphatic carbocycles. The lowest BCUT2D eigenvalue weighted by Gasteiger charge is -1.92. The van der Waals surface area contributed by atoms with Gasteiger partial charge in [-0.25, -0.2) is 0 Å². The second kappa shape index (κ2) is 5.21. The Kier molecular flexibility index (Phi) is 3.78. The molecule has 0 radical (unpaired) electrons. The summed E-state index contributed by atoms with van der Waals surface area (Å²) in [4.78, 5) is 5.40. The third-order valence-electron chi connectivity index (χ3n) is 2.53. The Morgan fingerprint density at radius 3 is 1.94 bits per heavy atom. The van der Waals surface area contributed by atoms with Gasteiger partial charge in [0.05, 0.1) is 7.57 Å². The first-order valence-electron chi connectivity index (χ1n) is 5.25. The van der Waals surface area contributed by atoms with Crippen LogP contribution in [0.5, 0.6) is 0 Å². The molecule has 3 heterocycles. The lowest BCUT2D eigenvalue weighted by molar-refractivity contribution is 1.56. The average molecular weight is 420 g/mol. The van der Waals surface area contributed by atoms with Crippen LogP contribution in [0.2, 0.25) is 0 Å². The van der Waals surface area contributed by atoms with Crippen molar-refractivity contribution in [1.29, 1.82) is 0 Å². The molecule has 18 heavy (non-hydrogen) atoms. The second-order valence-corrected chi connectivity index (χ2v) is 9.81. The van der Waals surface area contributed by atoms with Gasteiger partial charge in [0.1, 0.15) is 0 Å². The Hall–Kier alpha value is 0.0600. The molecule has 0 amide bonds. The largest absolute Gasteiger partial charge is 0.133 e. The van der Waals surface area contributed by atoms with E-state index >= 15 is 0 Å². The van der Waals surface area contributed by atoms with Crippen molar-refractivity contribution in [2.45, 2.75) is 6.92 Å². The van der Waals surface area contributed by atoms with E-state index in [1.807, 2.05) is 11.3 Å². The Balaban J connectivity index is 2.06. The van der Waals surface area contributed by atoms with Gasteiger partial charge in [0.2, 0.25) is 0 Å². The van der Waals surface area contributed by atoms with Crippen molar-refractivity contribution < 1.29 is 0 Å². The molecule has 0 nitrogen and oxygen atoms in total. The predicted molar refractivity (Wildman–Crippen MR) is 91.1 cm³/mol. The summed E-state index contributed by atoms with van der Waals surface area (Å²) in [5.41, 5.74) is 1.36. The van der Waals surface area contributed by atoms with Crippen LogP contribution in [0.25, 0.3) is 19.5 Å². The SMILES string of the molecule is Cc1cc(-c2ccc(Br)s2)sc1-c1ccc(Br)s1. The summed E-state index contributed by atoms with van der Waals surface area (Å²) in [7, 11) is 0. The fourth-order valence-electron chi connectivity index (χ4n) is 1.73. The van der Waals surface area contributed by atoms with E-state index in [1.54, 1.807) is 22.7 Å². The number of halogens is 2. The summed E-state index contributed by atoms with van der Waals surface area (Å²) in [6.45, 7) is 2.19. The molecule has 0 fully saturated rings. The van der Waals surface area contributed by atoms with Crippen LogP contribution in [-0.2, 0) is 0 Å². The molecule has 0 spiro atoms. The Bertz CT molecular complexity index is 691. The summed E-state index contributed by atoms with van der Waals surface area (Å²) >= 11 is 12.5. The van der Waals surface area contributed by atoms with Gasteiger partial charge in [-0.05, 0) is 74.7 Å². The quantitative estimate of drug-likeness (QED) is 0.417. The monoisotopic (exact) mass is 418 g/mol. The fraction of sp³-hybridized carbons (Fsp3) is 0.0769. The summed E-state index contributed by atoms with van der Waals surface area (Å²) < 4.78 is 2.37. The van der Waals surface area contributed by atoms with E-state index in [2.05, 4.69) is 69.1 Å². The molecule has 0 aliphatic rings. The van der Waals surface area contributed by atoms with Crippen molar-refractivity contribution >= 4 is 65.9 Å². The maximum Gasteiger partial charge on any atom is 0.0705 e. The molecular formula is C13H8Br2S3. The zero-order valence-electron chi connectivity index (χ0n) is 9.37. The average Bonchev–Trinajstić information content (AvgIpc) is 2.99. The third-order valence-corrected chi connectivity index (χ3v) is 7.39. The zero-order valence-corrected chi connectivity index (χ0v) is 15.0. The minimum absolute atomic E-state index is 1.18. The third kappa shape index (κ3) is 2.51. The smallest absolute Gasteiger partial charge is 0.0705 e. The number of hydrogen-bond acceptors (Lipinski definition) is 3. The molecule has 92 valence electrons. The van der Waals surface area contributed by atoms with Crippen LogP contribution in [0, 0.1) is 6.92 Å². The molecule has 0 aliphatic heterocycles. The maximum absolute atomic E-state index is 3.53. The molecule has 3 aromatic heterocycles. The number of rotatable bonds is 2. The molecular weight excluding hydrogens is 412 g/mol. The first-order chi connectivity index (χ1) is 8.63. The molecule has 5 heteroatoms. The second-order valence-electron chi connectivity index (χ2n) is 3.83. The van der Waals surface area contributed by atoms with Crippen LogP contribution in [0.3, 0.4) is 0 Å². The first-order valence-corrected chi connectivity index (χ1v) is 9.29. The van der Waals surface area contributed by atoms with Gasteiger partial charge in [0.15, 0.2) is 0 Å². The van der Waals surface area contributed by atoms with Gasteiger partial charge in [-0.2, -0.15) is 0 Å². The standard InChI is InChI=1S/C13H8Br2S3/c1-7-6-10(8-2-4-11(14)16-8)18-13(7)9-3-5-12(15)17-9/h2-6H,1H3. The summed E-state index contributed by atoms with van der Waals surface area (Å²) in [6.07, 6.45) is 0. The molecule has 0 N–H and O–H groups in total. The fourth-order valence-corrected chi connectivity index (χ4v) is 5.93. The minimum Gasteiger partial charge on any atom is -0.133 e. The number of hydrogen-bond donors (Lipinski definition) is 0. The lowest BCUT2D eigenvalue weighted by atomic mass is 10.2. The van der Waals surface area contributed by atoms with Crippen LogP contribution in [0.15, 0.2) is 37.9 Å². The molecule has 0 saturated heterocycles. The van der Waals surface area contributed by atoms with E-state index in [1.165, 1.54) is 32.6 Å². The normalized spacial score (nSPS) is 11.1. The van der Waals surface area contributed by atoms with Gasteiger partial charge in [0, 0.05) is 19.5 Å². The van der Waals surface area contributed by atoms with Crippen molar-refractivity contribution in [3.63, 3.8) is 0 Å². The van der Waals surface area contributed by atoms with Crippen molar-refractivity contribution in [1.82, 2.24) is 0 Å². The van der Waals surface area contributed by atoms with Gasteiger partial charge in [-0.15, -0.1) is 34.0 Å². The predicted octanol–water partition coefficient (Wildman–Crippen LogP) is 7.04. The topological polar surface area (TPSA) is 0 Å². The van der Waals surface area contributed by atoms with E-state index in [4.69, 9.17) is 0 Å². The van der Waals surface area contributed by atoms with E-state index in [-0.39, 0.29) is 0 Å². The molecule has 0 saturated carbocycles. The van der Waals surface area contributed by atoms with E-state index in [0.29, 0.717) is 0 Å². The Labute approximate surface area is 135 Å². The molecule has 3 rings (SSSR count). The van der Waals surface area contributed by atoms with Crippen LogP contribution in [-0.4, -0.2) is 0 Å². The van der Waals surface area contributed by atoms with Crippen molar-refractivity contribution in [3.8, 4) is 19.5 Å². The summed E-state index contributed by atoms with van der Waals surface area (Å²) in [5, 5.41) is 0.